The zero-order valence-electron chi connectivity index (χ0n) is 21.7. The Hall–Kier alpha value is -3.12. The molecule has 6 heteroatoms. The molecule has 4 rings (SSSR count). The van der Waals surface area contributed by atoms with E-state index in [9.17, 15) is 18.0 Å². The number of carbonyl (C=O) groups excluding carboxylic acids is 1. The summed E-state index contributed by atoms with van der Waals surface area (Å²) >= 11 is 0. The van der Waals surface area contributed by atoms with Gasteiger partial charge in [0, 0.05) is 44.2 Å². The summed E-state index contributed by atoms with van der Waals surface area (Å²) in [7, 11) is 0. The summed E-state index contributed by atoms with van der Waals surface area (Å²) in [6.07, 6.45) is -4.33. The fraction of sp³-hybridized carbons (Fsp3) is 0.387. The number of hydrogen-bond donors (Lipinski definition) is 0. The lowest BCUT2D eigenvalue weighted by Crippen LogP contribution is -2.39. The molecule has 1 aliphatic heterocycles. The van der Waals surface area contributed by atoms with Crippen LogP contribution in [0.15, 0.2) is 78.9 Å². The summed E-state index contributed by atoms with van der Waals surface area (Å²) < 4.78 is 39.0. The highest BCUT2D eigenvalue weighted by Crippen LogP contribution is 2.35. The van der Waals surface area contributed by atoms with Crippen LogP contribution in [0.3, 0.4) is 0 Å². The lowest BCUT2D eigenvalue weighted by Gasteiger charge is -2.30. The van der Waals surface area contributed by atoms with Crippen LogP contribution in [-0.2, 0) is 12.7 Å². The van der Waals surface area contributed by atoms with E-state index in [4.69, 9.17) is 0 Å². The Morgan fingerprint density at radius 1 is 0.946 bits per heavy atom. The summed E-state index contributed by atoms with van der Waals surface area (Å²) in [5, 5.41) is 0. The number of rotatable bonds is 8. The maximum absolute atomic E-state index is 13.5. The second-order valence-corrected chi connectivity index (χ2v) is 10.6. The van der Waals surface area contributed by atoms with Gasteiger partial charge in [0.15, 0.2) is 0 Å². The SMILES string of the molecule is Cc1ccc(C(=O)N(CC(C)C)C[C@H]2CN(Cc3ccc(C(F)(F)F)cc3)C[C@H]2c2ccccc2)cc1. The highest BCUT2D eigenvalue weighted by atomic mass is 19.4. The van der Waals surface area contributed by atoms with E-state index in [-0.39, 0.29) is 17.7 Å². The molecule has 0 radical (unpaired) electrons. The summed E-state index contributed by atoms with van der Waals surface area (Å²) in [5.41, 5.74) is 3.27. The Labute approximate surface area is 217 Å². The molecule has 3 aromatic carbocycles. The molecule has 196 valence electrons. The minimum Gasteiger partial charge on any atom is -0.338 e. The molecule has 1 heterocycles. The maximum atomic E-state index is 13.5. The van der Waals surface area contributed by atoms with Crippen LogP contribution in [0.5, 0.6) is 0 Å². The van der Waals surface area contributed by atoms with Gasteiger partial charge < -0.3 is 4.90 Å². The van der Waals surface area contributed by atoms with E-state index in [1.165, 1.54) is 5.56 Å². The Bertz CT molecular complexity index is 1160. The van der Waals surface area contributed by atoms with Gasteiger partial charge in [-0.2, -0.15) is 13.2 Å². The van der Waals surface area contributed by atoms with Crippen molar-refractivity contribution >= 4 is 5.91 Å². The highest BCUT2D eigenvalue weighted by Gasteiger charge is 2.36. The topological polar surface area (TPSA) is 23.6 Å². The van der Waals surface area contributed by atoms with E-state index in [0.29, 0.717) is 31.1 Å². The molecule has 1 saturated heterocycles. The average molecular weight is 509 g/mol. The number of likely N-dealkylation sites (tertiary alicyclic amines) is 1. The fourth-order valence-electron chi connectivity index (χ4n) is 5.25. The number of benzene rings is 3. The maximum Gasteiger partial charge on any atom is 0.416 e. The van der Waals surface area contributed by atoms with Gasteiger partial charge in [0.2, 0.25) is 0 Å². The first kappa shape index (κ1) is 26.9. The van der Waals surface area contributed by atoms with Crippen LogP contribution >= 0.6 is 0 Å². The van der Waals surface area contributed by atoms with E-state index < -0.39 is 11.7 Å². The number of amides is 1. The molecule has 3 nitrogen and oxygen atoms in total. The molecule has 1 amide bonds. The van der Waals surface area contributed by atoms with E-state index in [1.807, 2.05) is 54.3 Å². The second kappa shape index (κ2) is 11.5. The van der Waals surface area contributed by atoms with Gasteiger partial charge in [-0.25, -0.2) is 0 Å². The van der Waals surface area contributed by atoms with E-state index in [0.717, 1.165) is 36.3 Å². The van der Waals surface area contributed by atoms with Gasteiger partial charge in [-0.15, -0.1) is 0 Å². The van der Waals surface area contributed by atoms with Gasteiger partial charge >= 0.3 is 6.18 Å². The predicted octanol–water partition coefficient (Wildman–Crippen LogP) is 7.03. The van der Waals surface area contributed by atoms with Crippen LogP contribution in [0.25, 0.3) is 0 Å². The van der Waals surface area contributed by atoms with Crippen molar-refractivity contribution in [2.45, 2.75) is 39.4 Å². The number of alkyl halides is 3. The minimum atomic E-state index is -4.33. The van der Waals surface area contributed by atoms with E-state index in [1.54, 1.807) is 12.1 Å². The lowest BCUT2D eigenvalue weighted by molar-refractivity contribution is -0.137. The van der Waals surface area contributed by atoms with Gasteiger partial charge in [-0.3, -0.25) is 9.69 Å². The van der Waals surface area contributed by atoms with Crippen LogP contribution < -0.4 is 0 Å². The molecule has 1 aliphatic rings. The van der Waals surface area contributed by atoms with Crippen molar-refractivity contribution in [2.24, 2.45) is 11.8 Å². The largest absolute Gasteiger partial charge is 0.416 e. The molecule has 0 N–H and O–H groups in total. The fourth-order valence-corrected chi connectivity index (χ4v) is 5.25. The quantitative estimate of drug-likeness (QED) is 0.326. The molecule has 0 spiro atoms. The first-order valence-corrected chi connectivity index (χ1v) is 12.9. The summed E-state index contributed by atoms with van der Waals surface area (Å²) in [6, 6.07) is 23.5. The standard InChI is InChI=1S/C31H35F3N2O/c1-22(2)17-36(30(37)26-13-9-23(3)10-14-26)20-27-19-35(21-29(27)25-7-5-4-6-8-25)18-24-11-15-28(16-12-24)31(32,33)34/h4-16,22,27,29H,17-21H2,1-3H3/t27-,29+/m1/s1. The van der Waals surface area contributed by atoms with Crippen LogP contribution in [0.4, 0.5) is 13.2 Å². The zero-order valence-corrected chi connectivity index (χ0v) is 21.7. The number of nitrogens with zero attached hydrogens (tertiary/aromatic N) is 2. The summed E-state index contributed by atoms with van der Waals surface area (Å²) in [6.45, 7) is 9.70. The molecule has 0 aromatic heterocycles. The summed E-state index contributed by atoms with van der Waals surface area (Å²) in [4.78, 5) is 17.8. The molecule has 3 aromatic rings. The third kappa shape index (κ3) is 7.01. The Morgan fingerprint density at radius 2 is 1.59 bits per heavy atom. The molecular weight excluding hydrogens is 473 g/mol. The van der Waals surface area contributed by atoms with Crippen molar-refractivity contribution in [1.29, 1.82) is 0 Å². The molecule has 0 bridgehead atoms. The molecule has 2 atom stereocenters. The molecule has 0 aliphatic carbocycles. The molecule has 37 heavy (non-hydrogen) atoms. The first-order valence-electron chi connectivity index (χ1n) is 12.9. The second-order valence-electron chi connectivity index (χ2n) is 10.6. The Kier molecular flexibility index (Phi) is 8.38. The van der Waals surface area contributed by atoms with Crippen molar-refractivity contribution in [1.82, 2.24) is 9.80 Å². The lowest BCUT2D eigenvalue weighted by atomic mass is 9.88. The number of carbonyl (C=O) groups is 1. The molecule has 0 saturated carbocycles. The van der Waals surface area contributed by atoms with Crippen molar-refractivity contribution < 1.29 is 18.0 Å². The van der Waals surface area contributed by atoms with Gasteiger partial charge in [0.05, 0.1) is 5.56 Å². The van der Waals surface area contributed by atoms with Crippen LogP contribution in [-0.4, -0.2) is 41.9 Å². The third-order valence-electron chi connectivity index (χ3n) is 7.06. The Morgan fingerprint density at radius 3 is 2.19 bits per heavy atom. The predicted molar refractivity (Wildman–Crippen MR) is 141 cm³/mol. The van der Waals surface area contributed by atoms with Gasteiger partial charge in [0.25, 0.3) is 5.91 Å². The van der Waals surface area contributed by atoms with Gasteiger partial charge in [-0.1, -0.05) is 74.0 Å². The smallest absolute Gasteiger partial charge is 0.338 e. The van der Waals surface area contributed by atoms with Crippen molar-refractivity contribution in [3.05, 3.63) is 107 Å². The summed E-state index contributed by atoms with van der Waals surface area (Å²) in [5.74, 6) is 0.817. The van der Waals surface area contributed by atoms with Gasteiger partial charge in [-0.05, 0) is 54.2 Å². The average Bonchev–Trinajstić information content (AvgIpc) is 3.25. The van der Waals surface area contributed by atoms with Crippen LogP contribution in [0.2, 0.25) is 0 Å². The van der Waals surface area contributed by atoms with Crippen LogP contribution in [0.1, 0.15) is 52.4 Å². The van der Waals surface area contributed by atoms with E-state index in [2.05, 4.69) is 30.9 Å². The monoisotopic (exact) mass is 508 g/mol. The number of halogens is 3. The van der Waals surface area contributed by atoms with Crippen molar-refractivity contribution in [3.8, 4) is 0 Å². The molecule has 0 unspecified atom stereocenters. The minimum absolute atomic E-state index is 0.0432. The number of aryl methyl sites for hydroxylation is 1. The van der Waals surface area contributed by atoms with Crippen molar-refractivity contribution in [3.63, 3.8) is 0 Å². The Balaban J connectivity index is 1.54. The normalized spacial score (nSPS) is 18.4. The molecular formula is C31H35F3N2O. The van der Waals surface area contributed by atoms with Crippen molar-refractivity contribution in [2.75, 3.05) is 26.2 Å². The zero-order chi connectivity index (χ0) is 26.6. The molecule has 1 fully saturated rings. The number of hydrogen-bond acceptors (Lipinski definition) is 2. The highest BCUT2D eigenvalue weighted by molar-refractivity contribution is 5.94. The third-order valence-corrected chi connectivity index (χ3v) is 7.06. The van der Waals surface area contributed by atoms with Gasteiger partial charge in [0.1, 0.15) is 0 Å². The van der Waals surface area contributed by atoms with E-state index >= 15 is 0 Å². The first-order chi connectivity index (χ1) is 17.6. The van der Waals surface area contributed by atoms with Crippen LogP contribution in [0, 0.1) is 18.8 Å².